The van der Waals surface area contributed by atoms with Crippen molar-refractivity contribution in [3.05, 3.63) is 76.4 Å². The Balaban J connectivity index is 1.55. The highest BCUT2D eigenvalue weighted by Crippen LogP contribution is 2.27. The van der Waals surface area contributed by atoms with Crippen molar-refractivity contribution >= 4 is 24.4 Å². The molecular weight excluding hydrogens is 470 g/mol. The lowest BCUT2D eigenvalue weighted by molar-refractivity contribution is 0.414. The molecule has 0 amide bonds. The molecule has 0 saturated carbocycles. The molecule has 5 rings (SSSR count). The molecule has 9 nitrogen and oxygen atoms in total. The Morgan fingerprint density at radius 3 is 1.82 bits per heavy atom. The van der Waals surface area contributed by atoms with Gasteiger partial charge in [-0.1, -0.05) is 12.1 Å². The predicted molar refractivity (Wildman–Crippen MR) is 133 cm³/mol. The number of hydrogen-bond acceptors (Lipinski definition) is 7. The van der Waals surface area contributed by atoms with Gasteiger partial charge in [-0.3, -0.25) is 24.3 Å². The number of ether oxygens (including phenoxy) is 2. The van der Waals surface area contributed by atoms with Crippen LogP contribution in [0.25, 0.3) is 34.3 Å². The van der Waals surface area contributed by atoms with Crippen LogP contribution in [0.2, 0.25) is 0 Å². The molecule has 0 spiro atoms. The molecule has 0 aliphatic carbocycles. The summed E-state index contributed by atoms with van der Waals surface area (Å²) in [7, 11) is 3.24. The van der Waals surface area contributed by atoms with Gasteiger partial charge >= 0.3 is 0 Å². The van der Waals surface area contributed by atoms with E-state index in [0.29, 0.717) is 26.9 Å². The number of hydrogen-bond donors (Lipinski definition) is 2. The maximum atomic E-state index is 5.48. The van der Waals surface area contributed by atoms with Crippen LogP contribution in [0.3, 0.4) is 0 Å². The van der Waals surface area contributed by atoms with E-state index in [-0.39, 0.29) is 0 Å². The highest BCUT2D eigenvalue weighted by molar-refractivity contribution is 7.71. The molecule has 0 aliphatic heterocycles. The van der Waals surface area contributed by atoms with Crippen LogP contribution < -0.4 is 9.47 Å². The largest absolute Gasteiger partial charge is 0.497 e. The van der Waals surface area contributed by atoms with Gasteiger partial charge < -0.3 is 9.47 Å². The highest BCUT2D eigenvalue weighted by Gasteiger charge is 2.15. The van der Waals surface area contributed by atoms with E-state index in [2.05, 4.69) is 25.4 Å². The van der Waals surface area contributed by atoms with Gasteiger partial charge in [-0.05, 0) is 60.8 Å². The van der Waals surface area contributed by atoms with Crippen molar-refractivity contribution in [2.45, 2.75) is 0 Å². The van der Waals surface area contributed by atoms with E-state index in [0.717, 1.165) is 28.4 Å². The summed E-state index contributed by atoms with van der Waals surface area (Å²) in [6.45, 7) is 0. The summed E-state index contributed by atoms with van der Waals surface area (Å²) in [6, 6.07) is 19.0. The molecule has 170 valence electrons. The second kappa shape index (κ2) is 9.04. The van der Waals surface area contributed by atoms with Crippen molar-refractivity contribution in [3.8, 4) is 45.8 Å². The number of aromatic nitrogens is 7. The van der Waals surface area contributed by atoms with Crippen molar-refractivity contribution in [2.24, 2.45) is 0 Å². The zero-order chi connectivity index (χ0) is 23.7. The number of methoxy groups -OCH3 is 2. The second-order valence-electron chi connectivity index (χ2n) is 7.21. The summed E-state index contributed by atoms with van der Waals surface area (Å²) in [5, 5.41) is 14.5. The summed E-state index contributed by atoms with van der Waals surface area (Å²) < 4.78 is 15.3. The first-order chi connectivity index (χ1) is 16.6. The number of nitrogens with one attached hydrogen (secondary N) is 2. The van der Waals surface area contributed by atoms with Crippen LogP contribution in [0.1, 0.15) is 0 Å². The van der Waals surface area contributed by atoms with Crippen LogP contribution in [0, 0.1) is 9.54 Å². The van der Waals surface area contributed by atoms with E-state index in [1.54, 1.807) is 20.4 Å². The lowest BCUT2D eigenvalue weighted by atomic mass is 10.2. The number of pyridine rings is 1. The van der Waals surface area contributed by atoms with Crippen LogP contribution in [0.4, 0.5) is 0 Å². The van der Waals surface area contributed by atoms with E-state index < -0.39 is 0 Å². The maximum absolute atomic E-state index is 5.48. The molecule has 5 aromatic rings. The molecule has 3 aromatic heterocycles. The SMILES string of the molecule is COc1cccc(-n2c(-c3ccc(-c4n[nH]c(=S)n4-c4cccc(OC)c4)nc3)n[nH]c2=S)c1. The summed E-state index contributed by atoms with van der Waals surface area (Å²) in [4.78, 5) is 4.64. The lowest BCUT2D eigenvalue weighted by Crippen LogP contribution is -2.01. The van der Waals surface area contributed by atoms with Gasteiger partial charge in [0.05, 0.1) is 25.6 Å². The van der Waals surface area contributed by atoms with Gasteiger partial charge in [-0.25, -0.2) is 0 Å². The first-order valence-corrected chi connectivity index (χ1v) is 11.0. The quantitative estimate of drug-likeness (QED) is 0.327. The Hall–Kier alpha value is -4.09. The summed E-state index contributed by atoms with van der Waals surface area (Å²) in [6.07, 6.45) is 1.73. The normalized spacial score (nSPS) is 10.9. The second-order valence-corrected chi connectivity index (χ2v) is 7.98. The molecule has 2 N–H and O–H groups in total. The fourth-order valence-corrected chi connectivity index (χ4v) is 4.07. The average Bonchev–Trinajstić information content (AvgIpc) is 3.46. The predicted octanol–water partition coefficient (Wildman–Crippen LogP) is 4.92. The average molecular weight is 490 g/mol. The molecule has 3 heterocycles. The third kappa shape index (κ3) is 3.91. The summed E-state index contributed by atoms with van der Waals surface area (Å²) in [5.74, 6) is 2.65. The van der Waals surface area contributed by atoms with Crippen LogP contribution in [0.5, 0.6) is 11.5 Å². The Kier molecular flexibility index (Phi) is 5.78. The molecule has 0 aliphatic rings. The molecule has 0 bridgehead atoms. The Labute approximate surface area is 204 Å². The van der Waals surface area contributed by atoms with E-state index >= 15 is 0 Å². The fraction of sp³-hybridized carbons (Fsp3) is 0.0870. The minimum Gasteiger partial charge on any atom is -0.497 e. The molecule has 0 radical (unpaired) electrons. The molecule has 0 atom stereocenters. The smallest absolute Gasteiger partial charge is 0.200 e. The first-order valence-electron chi connectivity index (χ1n) is 10.2. The van der Waals surface area contributed by atoms with Crippen molar-refractivity contribution in [3.63, 3.8) is 0 Å². The number of benzene rings is 2. The molecular formula is C23H19N7O2S2. The van der Waals surface area contributed by atoms with Crippen molar-refractivity contribution in [1.29, 1.82) is 0 Å². The van der Waals surface area contributed by atoms with Crippen molar-refractivity contribution < 1.29 is 9.47 Å². The van der Waals surface area contributed by atoms with Gasteiger partial charge in [0.1, 0.15) is 17.2 Å². The van der Waals surface area contributed by atoms with Crippen molar-refractivity contribution in [1.82, 2.24) is 34.5 Å². The highest BCUT2D eigenvalue weighted by atomic mass is 32.1. The Morgan fingerprint density at radius 2 is 1.29 bits per heavy atom. The van der Waals surface area contributed by atoms with Gasteiger partial charge in [0.15, 0.2) is 21.2 Å². The lowest BCUT2D eigenvalue weighted by Gasteiger charge is -2.10. The Bertz CT molecular complexity index is 1460. The summed E-state index contributed by atoms with van der Waals surface area (Å²) >= 11 is 10.9. The van der Waals surface area contributed by atoms with Crippen LogP contribution in [-0.2, 0) is 0 Å². The van der Waals surface area contributed by atoms with Crippen LogP contribution >= 0.6 is 24.4 Å². The monoisotopic (exact) mass is 489 g/mol. The standard InChI is InChI=1S/C23H19N7O2S2/c1-31-17-7-3-5-15(11-17)29-20(25-27-22(29)33)14-9-10-19(24-13-14)21-26-28-23(34)30(21)16-6-4-8-18(12-16)32-2/h3-13H,1-2H3,(H,27,33)(H,28,34). The zero-order valence-electron chi connectivity index (χ0n) is 18.2. The maximum Gasteiger partial charge on any atom is 0.200 e. The molecule has 11 heteroatoms. The van der Waals surface area contributed by atoms with Gasteiger partial charge in [-0.2, -0.15) is 10.2 Å². The molecule has 34 heavy (non-hydrogen) atoms. The fourth-order valence-electron chi connectivity index (χ4n) is 3.60. The minimum absolute atomic E-state index is 0.452. The first kappa shape index (κ1) is 21.7. The zero-order valence-corrected chi connectivity index (χ0v) is 19.9. The van der Waals surface area contributed by atoms with Gasteiger partial charge in [0.2, 0.25) is 0 Å². The molecule has 0 fully saturated rings. The molecule has 0 saturated heterocycles. The number of aromatic amines is 2. The number of H-pyrrole nitrogens is 2. The van der Waals surface area contributed by atoms with E-state index in [1.807, 2.05) is 69.8 Å². The van der Waals surface area contributed by atoms with Crippen LogP contribution in [-0.4, -0.2) is 48.7 Å². The van der Waals surface area contributed by atoms with Crippen molar-refractivity contribution in [2.75, 3.05) is 14.2 Å². The van der Waals surface area contributed by atoms with Crippen LogP contribution in [0.15, 0.2) is 66.9 Å². The van der Waals surface area contributed by atoms with E-state index in [1.165, 1.54) is 0 Å². The third-order valence-electron chi connectivity index (χ3n) is 5.22. The van der Waals surface area contributed by atoms with Gasteiger partial charge in [0, 0.05) is 23.9 Å². The third-order valence-corrected chi connectivity index (χ3v) is 5.77. The van der Waals surface area contributed by atoms with Gasteiger partial charge in [-0.15, -0.1) is 0 Å². The summed E-state index contributed by atoms with van der Waals surface area (Å²) in [5.41, 5.74) is 3.07. The Morgan fingerprint density at radius 1 is 0.735 bits per heavy atom. The number of rotatable bonds is 6. The molecule has 2 aromatic carbocycles. The number of nitrogens with zero attached hydrogens (tertiary/aromatic N) is 5. The topological polar surface area (TPSA) is 98.6 Å². The van der Waals surface area contributed by atoms with Gasteiger partial charge in [0.25, 0.3) is 0 Å². The van der Waals surface area contributed by atoms with E-state index in [9.17, 15) is 0 Å². The minimum atomic E-state index is 0.452. The van der Waals surface area contributed by atoms with E-state index in [4.69, 9.17) is 33.9 Å². The molecule has 0 unspecified atom stereocenters.